The van der Waals surface area contributed by atoms with E-state index in [2.05, 4.69) is 10.0 Å². The van der Waals surface area contributed by atoms with Crippen molar-refractivity contribution in [3.8, 4) is 28.8 Å². The molecule has 4 amide bonds. The number of sulfonamides is 1. The number of carbonyl (C=O) groups is 3. The Bertz CT molecular complexity index is 2430. The van der Waals surface area contributed by atoms with Crippen molar-refractivity contribution in [2.45, 2.75) is 87.8 Å². The largest absolute Gasteiger partial charge is 0.497 e. The Labute approximate surface area is 348 Å². The molecule has 14 nitrogen and oxygen atoms in total. The van der Waals surface area contributed by atoms with E-state index in [-0.39, 0.29) is 43.7 Å². The van der Waals surface area contributed by atoms with Crippen LogP contribution in [0.15, 0.2) is 72.8 Å². The summed E-state index contributed by atoms with van der Waals surface area (Å²) in [5.41, 5.74) is 1.20. The molecule has 2 N–H and O–H groups in total. The first-order valence-electron chi connectivity index (χ1n) is 20.4. The second-order valence-corrected chi connectivity index (χ2v) is 18.0. The van der Waals surface area contributed by atoms with Crippen LogP contribution in [0.1, 0.15) is 62.5 Å². The molecule has 0 radical (unpaired) electrons. The van der Waals surface area contributed by atoms with Gasteiger partial charge in [0.2, 0.25) is 21.8 Å². The van der Waals surface area contributed by atoms with Crippen LogP contribution in [0.3, 0.4) is 0 Å². The molecule has 60 heavy (non-hydrogen) atoms. The van der Waals surface area contributed by atoms with Crippen molar-refractivity contribution in [1.29, 1.82) is 0 Å². The molecule has 4 atom stereocenters. The Morgan fingerprint density at radius 2 is 1.75 bits per heavy atom. The van der Waals surface area contributed by atoms with E-state index in [1.807, 2.05) is 43.3 Å². The van der Waals surface area contributed by atoms with Gasteiger partial charge in [0, 0.05) is 36.6 Å². The third-order valence-corrected chi connectivity index (χ3v) is 13.7. The molecule has 16 heteroatoms. The van der Waals surface area contributed by atoms with Gasteiger partial charge in [0.1, 0.15) is 35.0 Å². The fourth-order valence-electron chi connectivity index (χ4n) is 8.17. The Balaban J connectivity index is 1.15. The zero-order chi connectivity index (χ0) is 42.2. The Kier molecular flexibility index (Phi) is 11.4. The van der Waals surface area contributed by atoms with Gasteiger partial charge in [0.25, 0.3) is 5.91 Å². The van der Waals surface area contributed by atoms with E-state index in [1.165, 1.54) is 17.0 Å². The number of ether oxygens (including phenoxy) is 3. The first-order valence-corrected chi connectivity index (χ1v) is 21.9. The molecule has 4 aliphatic rings. The third kappa shape index (κ3) is 8.47. The SMILES string of the molecule is COc1ccc(CN2CCCCC/C=C\[C@@H]3C[C@@]3(C(=O)NS(=O)(=O)C3CC3)NC(=O)[C@@H]3C[C@@H](Oc4nc(-c5ccc(F)cc5)nc5c(C)c(OC)ccc45)CN3C2=O)cc1. The summed E-state index contributed by atoms with van der Waals surface area (Å²) in [6.07, 6.45) is 7.45. The van der Waals surface area contributed by atoms with Crippen molar-refractivity contribution in [2.75, 3.05) is 27.3 Å². The Morgan fingerprint density at radius 1 is 0.983 bits per heavy atom. The molecule has 4 aromatic rings. The van der Waals surface area contributed by atoms with Gasteiger partial charge in [-0.3, -0.25) is 14.3 Å². The van der Waals surface area contributed by atoms with Crippen LogP contribution in [-0.2, 0) is 26.2 Å². The van der Waals surface area contributed by atoms with Gasteiger partial charge in [0.05, 0.1) is 36.9 Å². The molecule has 1 aromatic heterocycles. The number of halogens is 1. The second-order valence-electron chi connectivity index (χ2n) is 16.1. The predicted molar refractivity (Wildman–Crippen MR) is 221 cm³/mol. The number of nitrogens with zero attached hydrogens (tertiary/aromatic N) is 4. The zero-order valence-electron chi connectivity index (χ0n) is 33.9. The van der Waals surface area contributed by atoms with Crippen LogP contribution in [0.25, 0.3) is 22.3 Å². The fraction of sp³-hybridized carbons (Fsp3) is 0.432. The molecule has 3 aromatic carbocycles. The number of aryl methyl sites for hydroxylation is 1. The molecule has 2 aliphatic heterocycles. The highest BCUT2D eigenvalue weighted by Gasteiger charge is 2.62. The normalized spacial score (nSPS) is 24.0. The molecule has 2 aliphatic carbocycles. The summed E-state index contributed by atoms with van der Waals surface area (Å²) >= 11 is 0. The van der Waals surface area contributed by atoms with Crippen LogP contribution in [-0.4, -0.2) is 96.3 Å². The summed E-state index contributed by atoms with van der Waals surface area (Å²) in [4.78, 5) is 56.2. The standard InChI is InChI=1S/C44H49FN6O8S/c1-27-37(58-3)21-20-35-38(27)46-39(29-12-14-31(45)15-13-29)47-41(35)59-33-23-36-40(52)48-44(42(53)49-60(55,56)34-18-19-34)24-30(44)9-7-5-4-6-8-22-50(43(54)51(36)26-33)25-28-10-16-32(57-2)17-11-28/h7,9-17,20-21,30,33-34,36H,4-6,8,18-19,22-26H2,1-3H3,(H,48,52)(H,49,53)/b9-7-/t30-,33-,36+,44-/m1/s1. The van der Waals surface area contributed by atoms with Crippen LogP contribution >= 0.6 is 0 Å². The van der Waals surface area contributed by atoms with Gasteiger partial charge in [0.15, 0.2) is 5.82 Å². The van der Waals surface area contributed by atoms with Crippen LogP contribution in [0, 0.1) is 18.7 Å². The smallest absolute Gasteiger partial charge is 0.321 e. The number of urea groups is 1. The number of hydrogen-bond donors (Lipinski definition) is 2. The molecule has 316 valence electrons. The summed E-state index contributed by atoms with van der Waals surface area (Å²) in [5.74, 6) is -0.452. The molecule has 3 fully saturated rings. The number of fused-ring (bicyclic) bond motifs is 3. The van der Waals surface area contributed by atoms with E-state index >= 15 is 0 Å². The van der Waals surface area contributed by atoms with Crippen LogP contribution in [0.4, 0.5) is 9.18 Å². The van der Waals surface area contributed by atoms with Gasteiger partial charge in [-0.05, 0) is 99.5 Å². The molecule has 2 saturated carbocycles. The number of carbonyl (C=O) groups excluding carboxylic acids is 3. The number of nitrogens with one attached hydrogen (secondary N) is 2. The van der Waals surface area contributed by atoms with Gasteiger partial charge >= 0.3 is 6.03 Å². The highest BCUT2D eigenvalue weighted by atomic mass is 32.2. The van der Waals surface area contributed by atoms with Gasteiger partial charge in [-0.15, -0.1) is 0 Å². The lowest BCUT2D eigenvalue weighted by Crippen LogP contribution is -2.57. The van der Waals surface area contributed by atoms with Crippen molar-refractivity contribution in [3.63, 3.8) is 0 Å². The predicted octanol–water partition coefficient (Wildman–Crippen LogP) is 5.82. The number of benzene rings is 3. The monoisotopic (exact) mass is 840 g/mol. The molecule has 8 rings (SSSR count). The van der Waals surface area contributed by atoms with Gasteiger partial charge in [-0.1, -0.05) is 30.7 Å². The number of hydrogen-bond acceptors (Lipinski definition) is 10. The van der Waals surface area contributed by atoms with Crippen LogP contribution < -0.4 is 24.2 Å². The van der Waals surface area contributed by atoms with Crippen LogP contribution in [0.5, 0.6) is 17.4 Å². The molecular formula is C44H49FN6O8S. The van der Waals surface area contributed by atoms with E-state index in [4.69, 9.17) is 24.2 Å². The fourth-order valence-corrected chi connectivity index (χ4v) is 9.53. The van der Waals surface area contributed by atoms with Crippen molar-refractivity contribution >= 4 is 38.8 Å². The molecule has 0 spiro atoms. The molecule has 0 unspecified atom stereocenters. The van der Waals surface area contributed by atoms with Gasteiger partial charge in [-0.2, -0.15) is 4.98 Å². The quantitative estimate of drug-likeness (QED) is 0.186. The number of amides is 4. The van der Waals surface area contributed by atoms with E-state index in [9.17, 15) is 27.2 Å². The minimum Gasteiger partial charge on any atom is -0.497 e. The summed E-state index contributed by atoms with van der Waals surface area (Å²) in [6, 6.07) is 15.3. The first-order chi connectivity index (χ1) is 28.9. The van der Waals surface area contributed by atoms with Crippen molar-refractivity contribution in [1.82, 2.24) is 29.8 Å². The van der Waals surface area contributed by atoms with E-state index in [0.29, 0.717) is 47.4 Å². The van der Waals surface area contributed by atoms with E-state index in [0.717, 1.165) is 36.8 Å². The highest BCUT2D eigenvalue weighted by Crippen LogP contribution is 2.46. The maximum atomic E-state index is 14.9. The van der Waals surface area contributed by atoms with Crippen LogP contribution in [0.2, 0.25) is 0 Å². The lowest BCUT2D eigenvalue weighted by Gasteiger charge is -2.32. The molecule has 1 saturated heterocycles. The number of methoxy groups -OCH3 is 2. The van der Waals surface area contributed by atoms with E-state index < -0.39 is 56.5 Å². The highest BCUT2D eigenvalue weighted by molar-refractivity contribution is 7.91. The summed E-state index contributed by atoms with van der Waals surface area (Å²) in [5, 5.41) is 2.88. The molecule has 0 bridgehead atoms. The van der Waals surface area contributed by atoms with Gasteiger partial charge < -0.3 is 29.3 Å². The summed E-state index contributed by atoms with van der Waals surface area (Å²) < 4.78 is 59.7. The Morgan fingerprint density at radius 3 is 2.47 bits per heavy atom. The zero-order valence-corrected chi connectivity index (χ0v) is 34.7. The minimum absolute atomic E-state index is 0.00113. The number of aromatic nitrogens is 2. The van der Waals surface area contributed by atoms with E-state index in [1.54, 1.807) is 43.4 Å². The number of rotatable bonds is 10. The topological polar surface area (TPSA) is 169 Å². The van der Waals surface area contributed by atoms with Crippen molar-refractivity contribution in [2.24, 2.45) is 5.92 Å². The maximum absolute atomic E-state index is 14.9. The average Bonchev–Trinajstić information content (AvgIpc) is 4.17. The lowest BCUT2D eigenvalue weighted by atomic mass is 10.1. The summed E-state index contributed by atoms with van der Waals surface area (Å²) in [6.45, 7) is 2.56. The number of allylic oxidation sites excluding steroid dienone is 1. The van der Waals surface area contributed by atoms with Crippen molar-refractivity contribution in [3.05, 3.63) is 89.8 Å². The lowest BCUT2D eigenvalue weighted by molar-refractivity contribution is -0.131. The first kappa shape index (κ1) is 41.0. The maximum Gasteiger partial charge on any atom is 0.321 e. The minimum atomic E-state index is -3.91. The van der Waals surface area contributed by atoms with Crippen molar-refractivity contribution < 1.29 is 41.4 Å². The summed E-state index contributed by atoms with van der Waals surface area (Å²) in [7, 11) is -0.756. The average molecular weight is 841 g/mol. The molecule has 3 heterocycles. The molecular weight excluding hydrogens is 792 g/mol. The second kappa shape index (κ2) is 16.7. The third-order valence-electron chi connectivity index (χ3n) is 11.9. The van der Waals surface area contributed by atoms with Gasteiger partial charge in [-0.25, -0.2) is 22.6 Å². The Hall–Kier alpha value is -5.77.